The molecule has 3 nitrogen and oxygen atoms in total. The van der Waals surface area contributed by atoms with Gasteiger partial charge in [0.05, 0.1) is 11.4 Å². The molecule has 1 aliphatic carbocycles. The molecule has 0 atom stereocenters. The molecule has 5 N–H and O–H groups in total. The van der Waals surface area contributed by atoms with Crippen molar-refractivity contribution in [3.8, 4) is 0 Å². The van der Waals surface area contributed by atoms with Crippen LogP contribution >= 0.6 is 11.6 Å². The Morgan fingerprint density at radius 2 is 2.29 bits per heavy atom. The fraction of sp³-hybridized carbons (Fsp3) is 0.308. The lowest BCUT2D eigenvalue weighted by molar-refractivity contribution is -0.345. The van der Waals surface area contributed by atoms with Gasteiger partial charge in [-0.3, -0.25) is 0 Å². The molecule has 0 spiro atoms. The molecular weight excluding hydrogens is 234 g/mol. The molecule has 0 amide bonds. The predicted molar refractivity (Wildman–Crippen MR) is 71.3 cm³/mol. The number of nitrogens with two attached hydrogens (primary N) is 1. The molecule has 0 bridgehead atoms. The van der Waals surface area contributed by atoms with Crippen LogP contribution in [0.4, 0.5) is 5.69 Å². The van der Waals surface area contributed by atoms with Crippen LogP contribution in [0.15, 0.2) is 41.0 Å². The van der Waals surface area contributed by atoms with Crippen LogP contribution in [-0.2, 0) is 0 Å². The molecule has 1 aromatic carbocycles. The minimum atomic E-state index is 0.561. The van der Waals surface area contributed by atoms with Crippen molar-refractivity contribution in [1.29, 1.82) is 0 Å². The van der Waals surface area contributed by atoms with Crippen molar-refractivity contribution in [2.45, 2.75) is 12.8 Å². The Hall–Kier alpha value is -1.32. The highest BCUT2D eigenvalue weighted by Gasteiger charge is 2.24. The van der Waals surface area contributed by atoms with E-state index in [1.54, 1.807) is 0 Å². The zero-order valence-electron chi connectivity index (χ0n) is 9.70. The summed E-state index contributed by atoms with van der Waals surface area (Å²) in [5.74, 6) is 0.561. The monoisotopic (exact) mass is 250 g/mol. The molecule has 90 valence electrons. The number of hydrogen-bond acceptors (Lipinski definition) is 2. The van der Waals surface area contributed by atoms with Crippen molar-refractivity contribution in [2.75, 3.05) is 6.54 Å². The normalized spacial score (nSPS) is 17.3. The second-order valence-corrected chi connectivity index (χ2v) is 4.69. The van der Waals surface area contributed by atoms with Crippen molar-refractivity contribution in [2.24, 2.45) is 16.6 Å². The third-order valence-electron chi connectivity index (χ3n) is 2.72. The summed E-state index contributed by atoms with van der Waals surface area (Å²) >= 11 is 5.91. The van der Waals surface area contributed by atoms with E-state index in [0.29, 0.717) is 17.5 Å². The molecule has 0 radical (unpaired) electrons. The van der Waals surface area contributed by atoms with Crippen molar-refractivity contribution < 1.29 is 5.73 Å². The first-order valence-electron chi connectivity index (χ1n) is 5.78. The van der Waals surface area contributed by atoms with Crippen LogP contribution in [0.25, 0.3) is 0 Å². The van der Waals surface area contributed by atoms with Gasteiger partial charge < -0.3 is 11.5 Å². The summed E-state index contributed by atoms with van der Waals surface area (Å²) in [5.41, 5.74) is 12.5. The molecule has 0 aromatic heterocycles. The maximum atomic E-state index is 5.97. The van der Waals surface area contributed by atoms with Gasteiger partial charge in [0.15, 0.2) is 0 Å². The fourth-order valence-corrected chi connectivity index (χ4v) is 1.78. The van der Waals surface area contributed by atoms with E-state index >= 15 is 0 Å². The third-order valence-corrected chi connectivity index (χ3v) is 2.95. The molecule has 1 fully saturated rings. The van der Waals surface area contributed by atoms with Gasteiger partial charge in [-0.15, -0.1) is 0 Å². The van der Waals surface area contributed by atoms with E-state index in [4.69, 9.17) is 17.3 Å². The molecular formula is C13H17ClN3+. The number of nitrogens with zero attached hydrogens (tertiary/aromatic N) is 1. The highest BCUT2D eigenvalue weighted by molar-refractivity contribution is 6.30. The Bertz CT molecular complexity index is 461. The third kappa shape index (κ3) is 3.58. The van der Waals surface area contributed by atoms with E-state index in [2.05, 4.69) is 10.7 Å². The van der Waals surface area contributed by atoms with Gasteiger partial charge in [0.2, 0.25) is 0 Å². The number of allylic oxidation sites excluding steroid dienone is 1. The van der Waals surface area contributed by atoms with E-state index < -0.39 is 0 Å². The maximum Gasteiger partial charge on any atom is 0.117 e. The van der Waals surface area contributed by atoms with Crippen LogP contribution in [0, 0.1) is 5.92 Å². The Labute approximate surface area is 106 Å². The Morgan fingerprint density at radius 3 is 2.88 bits per heavy atom. The summed E-state index contributed by atoms with van der Waals surface area (Å²) in [6, 6.07) is 7.47. The average molecular weight is 251 g/mol. The number of quaternary nitrogens is 1. The number of benzene rings is 1. The van der Waals surface area contributed by atoms with Crippen LogP contribution in [-0.4, -0.2) is 12.3 Å². The zero-order chi connectivity index (χ0) is 12.3. The quantitative estimate of drug-likeness (QED) is 0.788. The highest BCUT2D eigenvalue weighted by Crippen LogP contribution is 2.33. The minimum absolute atomic E-state index is 0.561. The second kappa shape index (κ2) is 5.34. The van der Waals surface area contributed by atoms with E-state index in [1.807, 2.05) is 30.3 Å². The molecule has 1 saturated carbocycles. The molecule has 0 heterocycles. The Balaban J connectivity index is 2.19. The van der Waals surface area contributed by atoms with Crippen molar-refractivity contribution >= 4 is 23.0 Å². The van der Waals surface area contributed by atoms with E-state index in [1.165, 1.54) is 12.8 Å². The Morgan fingerprint density at radius 1 is 1.53 bits per heavy atom. The van der Waals surface area contributed by atoms with Crippen LogP contribution in [0.5, 0.6) is 0 Å². The van der Waals surface area contributed by atoms with Gasteiger partial charge in [0.1, 0.15) is 6.54 Å². The van der Waals surface area contributed by atoms with E-state index in [0.717, 1.165) is 17.1 Å². The summed E-state index contributed by atoms with van der Waals surface area (Å²) in [4.78, 5) is 4.50. The first-order valence-corrected chi connectivity index (χ1v) is 6.16. The minimum Gasteiger partial charge on any atom is -0.402 e. The SMILES string of the molecule is N/C(=C\C(C[NH3+])=Nc1cccc(Cl)c1)C1CC1. The zero-order valence-corrected chi connectivity index (χ0v) is 10.5. The fourth-order valence-electron chi connectivity index (χ4n) is 1.60. The molecule has 1 aromatic rings. The maximum absolute atomic E-state index is 5.97. The molecule has 4 heteroatoms. The lowest BCUT2D eigenvalue weighted by atomic mass is 10.2. The summed E-state index contributed by atoms with van der Waals surface area (Å²) in [6.45, 7) is 0.625. The Kier molecular flexibility index (Phi) is 3.82. The van der Waals surface area contributed by atoms with Crippen molar-refractivity contribution in [3.05, 3.63) is 41.1 Å². The summed E-state index contributed by atoms with van der Waals surface area (Å²) < 4.78 is 0. The van der Waals surface area contributed by atoms with Crippen molar-refractivity contribution in [3.63, 3.8) is 0 Å². The van der Waals surface area contributed by atoms with Crippen molar-refractivity contribution in [1.82, 2.24) is 0 Å². The first kappa shape index (κ1) is 12.1. The number of halogens is 1. The number of hydrogen-bond donors (Lipinski definition) is 2. The van der Waals surface area contributed by atoms with Gasteiger partial charge in [-0.2, -0.15) is 0 Å². The van der Waals surface area contributed by atoms with Crippen LogP contribution in [0.1, 0.15) is 12.8 Å². The summed E-state index contributed by atoms with van der Waals surface area (Å²) in [6.07, 6.45) is 4.35. The molecule has 1 aliphatic rings. The number of aliphatic imine (C=N–C) groups is 1. The van der Waals surface area contributed by atoms with Gasteiger partial charge in [0.25, 0.3) is 0 Å². The first-order chi connectivity index (χ1) is 8.19. The smallest absolute Gasteiger partial charge is 0.117 e. The molecule has 0 unspecified atom stereocenters. The lowest BCUT2D eigenvalue weighted by Crippen LogP contribution is -2.53. The van der Waals surface area contributed by atoms with E-state index in [-0.39, 0.29) is 0 Å². The van der Waals surface area contributed by atoms with E-state index in [9.17, 15) is 0 Å². The molecule has 17 heavy (non-hydrogen) atoms. The average Bonchev–Trinajstić information content (AvgIpc) is 3.12. The predicted octanol–water partition coefficient (Wildman–Crippen LogP) is 1.91. The topological polar surface area (TPSA) is 66.0 Å². The molecule has 2 rings (SSSR count). The van der Waals surface area contributed by atoms with Crippen LogP contribution in [0.2, 0.25) is 5.02 Å². The lowest BCUT2D eigenvalue weighted by Gasteiger charge is -2.00. The summed E-state index contributed by atoms with van der Waals surface area (Å²) in [7, 11) is 0. The molecule has 0 aliphatic heterocycles. The largest absolute Gasteiger partial charge is 0.402 e. The van der Waals surface area contributed by atoms with Crippen LogP contribution < -0.4 is 11.5 Å². The second-order valence-electron chi connectivity index (χ2n) is 4.25. The highest BCUT2D eigenvalue weighted by atomic mass is 35.5. The van der Waals surface area contributed by atoms with Crippen LogP contribution in [0.3, 0.4) is 0 Å². The van der Waals surface area contributed by atoms with Gasteiger partial charge >= 0.3 is 0 Å². The van der Waals surface area contributed by atoms with Gasteiger partial charge in [-0.05, 0) is 43.0 Å². The van der Waals surface area contributed by atoms with Gasteiger partial charge in [-0.1, -0.05) is 17.7 Å². The van der Waals surface area contributed by atoms with Gasteiger partial charge in [0, 0.05) is 10.7 Å². The summed E-state index contributed by atoms with van der Waals surface area (Å²) in [5, 5.41) is 0.689. The molecule has 0 saturated heterocycles. The number of rotatable bonds is 4. The van der Waals surface area contributed by atoms with Gasteiger partial charge in [-0.25, -0.2) is 4.99 Å². The standard InChI is InChI=1S/C13H16ClN3/c14-10-2-1-3-11(6-10)17-12(8-15)7-13(16)9-4-5-9/h1-3,6-7,9H,4-5,8,15-16H2/p+1/b13-7-,17-12?.